The Labute approximate surface area is 102 Å². The summed E-state index contributed by atoms with van der Waals surface area (Å²) in [4.78, 5) is 1.28. The van der Waals surface area contributed by atoms with Crippen LogP contribution in [0.5, 0.6) is 0 Å². The first-order valence-corrected chi connectivity index (χ1v) is 6.61. The standard InChI is InChI=1S/C10H14BrNO2S/c11-7-3-8(15-6-7)4-9(12)10-5-13-1-2-14-10/h3,6,9-10H,1-2,4-5,12H2. The summed E-state index contributed by atoms with van der Waals surface area (Å²) in [7, 11) is 0. The van der Waals surface area contributed by atoms with Gasteiger partial charge in [-0.1, -0.05) is 0 Å². The number of thiophene rings is 1. The Hall–Kier alpha value is 0.0600. The molecular weight excluding hydrogens is 278 g/mol. The third kappa shape index (κ3) is 3.26. The molecule has 1 aromatic rings. The summed E-state index contributed by atoms with van der Waals surface area (Å²) in [5, 5.41) is 2.07. The van der Waals surface area contributed by atoms with E-state index < -0.39 is 0 Å². The normalized spacial score (nSPS) is 24.0. The quantitative estimate of drug-likeness (QED) is 0.924. The van der Waals surface area contributed by atoms with E-state index in [1.54, 1.807) is 11.3 Å². The van der Waals surface area contributed by atoms with E-state index in [2.05, 4.69) is 27.4 Å². The first kappa shape index (κ1) is 11.5. The first-order chi connectivity index (χ1) is 7.25. The molecule has 0 saturated carbocycles. The minimum atomic E-state index is 0.0239. The predicted octanol–water partition coefficient (Wildman–Crippen LogP) is 1.80. The van der Waals surface area contributed by atoms with Crippen molar-refractivity contribution in [3.05, 3.63) is 20.8 Å². The monoisotopic (exact) mass is 291 g/mol. The molecule has 2 N–H and O–H groups in total. The molecule has 84 valence electrons. The molecule has 2 atom stereocenters. The van der Waals surface area contributed by atoms with Gasteiger partial charge in [0.25, 0.3) is 0 Å². The van der Waals surface area contributed by atoms with E-state index in [1.807, 2.05) is 0 Å². The maximum Gasteiger partial charge on any atom is 0.0963 e. The molecule has 0 spiro atoms. The largest absolute Gasteiger partial charge is 0.376 e. The molecule has 1 aliphatic heterocycles. The van der Waals surface area contributed by atoms with E-state index in [0.717, 1.165) is 10.9 Å². The molecular formula is C10H14BrNO2S. The maximum atomic E-state index is 6.08. The number of hydrogen-bond acceptors (Lipinski definition) is 4. The number of ether oxygens (including phenoxy) is 2. The molecule has 1 saturated heterocycles. The summed E-state index contributed by atoms with van der Waals surface area (Å²) in [6.07, 6.45) is 0.893. The van der Waals surface area contributed by atoms with Crippen molar-refractivity contribution >= 4 is 27.3 Å². The van der Waals surface area contributed by atoms with Gasteiger partial charge in [-0.2, -0.15) is 0 Å². The van der Waals surface area contributed by atoms with Crippen LogP contribution in [0.25, 0.3) is 0 Å². The Balaban J connectivity index is 1.88. The van der Waals surface area contributed by atoms with Crippen LogP contribution in [0.1, 0.15) is 4.88 Å². The van der Waals surface area contributed by atoms with Crippen LogP contribution in [-0.2, 0) is 15.9 Å². The van der Waals surface area contributed by atoms with E-state index in [1.165, 1.54) is 4.88 Å². The van der Waals surface area contributed by atoms with E-state index >= 15 is 0 Å². The van der Waals surface area contributed by atoms with Gasteiger partial charge in [0.2, 0.25) is 0 Å². The highest BCUT2D eigenvalue weighted by Crippen LogP contribution is 2.21. The van der Waals surface area contributed by atoms with Gasteiger partial charge in [-0.3, -0.25) is 0 Å². The summed E-state index contributed by atoms with van der Waals surface area (Å²) >= 11 is 5.15. The zero-order valence-corrected chi connectivity index (χ0v) is 10.7. The molecule has 2 unspecified atom stereocenters. The molecule has 5 heteroatoms. The summed E-state index contributed by atoms with van der Waals surface area (Å²) in [6.45, 7) is 1.97. The minimum Gasteiger partial charge on any atom is -0.376 e. The van der Waals surface area contributed by atoms with Gasteiger partial charge in [0.15, 0.2) is 0 Å². The highest BCUT2D eigenvalue weighted by atomic mass is 79.9. The summed E-state index contributed by atoms with van der Waals surface area (Å²) in [5.74, 6) is 0. The van der Waals surface area contributed by atoms with Crippen LogP contribution in [0.3, 0.4) is 0 Å². The van der Waals surface area contributed by atoms with Crippen molar-refractivity contribution in [2.75, 3.05) is 19.8 Å². The van der Waals surface area contributed by atoms with Crippen LogP contribution >= 0.6 is 27.3 Å². The highest BCUT2D eigenvalue weighted by Gasteiger charge is 2.22. The third-order valence-corrected chi connectivity index (χ3v) is 4.10. The summed E-state index contributed by atoms with van der Waals surface area (Å²) in [5.41, 5.74) is 6.08. The number of hydrogen-bond donors (Lipinski definition) is 1. The van der Waals surface area contributed by atoms with Crippen molar-refractivity contribution in [1.29, 1.82) is 0 Å². The molecule has 0 bridgehead atoms. The topological polar surface area (TPSA) is 44.5 Å². The van der Waals surface area contributed by atoms with Gasteiger partial charge in [-0.25, -0.2) is 0 Å². The minimum absolute atomic E-state index is 0.0239. The van der Waals surface area contributed by atoms with Crippen LogP contribution in [0.4, 0.5) is 0 Å². The molecule has 0 aromatic carbocycles. The molecule has 0 radical (unpaired) electrons. The smallest absolute Gasteiger partial charge is 0.0963 e. The lowest BCUT2D eigenvalue weighted by Crippen LogP contribution is -2.44. The maximum absolute atomic E-state index is 6.08. The third-order valence-electron chi connectivity index (χ3n) is 2.38. The average Bonchev–Trinajstić information content (AvgIpc) is 2.65. The van der Waals surface area contributed by atoms with E-state index in [0.29, 0.717) is 19.8 Å². The molecule has 2 rings (SSSR count). The van der Waals surface area contributed by atoms with Crippen molar-refractivity contribution in [2.24, 2.45) is 5.73 Å². The fourth-order valence-electron chi connectivity index (χ4n) is 1.58. The Bertz CT molecular complexity index is 312. The number of rotatable bonds is 3. The van der Waals surface area contributed by atoms with Gasteiger partial charge in [0.05, 0.1) is 25.9 Å². The zero-order valence-electron chi connectivity index (χ0n) is 8.32. The van der Waals surface area contributed by atoms with Crippen LogP contribution in [0.2, 0.25) is 0 Å². The number of halogens is 1. The molecule has 1 fully saturated rings. The lowest BCUT2D eigenvalue weighted by atomic mass is 10.1. The van der Waals surface area contributed by atoms with Crippen molar-refractivity contribution in [3.63, 3.8) is 0 Å². The van der Waals surface area contributed by atoms with Crippen LogP contribution in [0.15, 0.2) is 15.9 Å². The van der Waals surface area contributed by atoms with Gasteiger partial charge in [0.1, 0.15) is 0 Å². The van der Waals surface area contributed by atoms with Gasteiger partial charge >= 0.3 is 0 Å². The summed E-state index contributed by atoms with van der Waals surface area (Å²) in [6, 6.07) is 2.13. The molecule has 2 heterocycles. The Kier molecular flexibility index (Phi) is 4.16. The molecule has 1 aromatic heterocycles. The van der Waals surface area contributed by atoms with E-state index in [9.17, 15) is 0 Å². The van der Waals surface area contributed by atoms with Crippen molar-refractivity contribution in [1.82, 2.24) is 0 Å². The van der Waals surface area contributed by atoms with Gasteiger partial charge in [-0.05, 0) is 28.4 Å². The van der Waals surface area contributed by atoms with Crippen LogP contribution in [-0.4, -0.2) is 32.0 Å². The Morgan fingerprint density at radius 1 is 1.60 bits per heavy atom. The molecule has 1 aliphatic rings. The fraction of sp³-hybridized carbons (Fsp3) is 0.600. The second-order valence-electron chi connectivity index (χ2n) is 3.58. The summed E-state index contributed by atoms with van der Waals surface area (Å²) < 4.78 is 12.0. The predicted molar refractivity (Wildman–Crippen MR) is 64.3 cm³/mol. The zero-order chi connectivity index (χ0) is 10.7. The Morgan fingerprint density at radius 3 is 3.07 bits per heavy atom. The van der Waals surface area contributed by atoms with Gasteiger partial charge in [0, 0.05) is 20.8 Å². The van der Waals surface area contributed by atoms with Crippen molar-refractivity contribution in [3.8, 4) is 0 Å². The second kappa shape index (κ2) is 5.41. The van der Waals surface area contributed by atoms with Gasteiger partial charge < -0.3 is 15.2 Å². The SMILES string of the molecule is NC(Cc1cc(Br)cs1)C1COCCO1. The van der Waals surface area contributed by atoms with E-state index in [-0.39, 0.29) is 12.1 Å². The van der Waals surface area contributed by atoms with Crippen molar-refractivity contribution < 1.29 is 9.47 Å². The van der Waals surface area contributed by atoms with E-state index in [4.69, 9.17) is 15.2 Å². The fourth-order valence-corrected chi connectivity index (χ4v) is 3.10. The molecule has 15 heavy (non-hydrogen) atoms. The molecule has 0 aliphatic carbocycles. The van der Waals surface area contributed by atoms with Crippen molar-refractivity contribution in [2.45, 2.75) is 18.6 Å². The molecule has 3 nitrogen and oxygen atoms in total. The highest BCUT2D eigenvalue weighted by molar-refractivity contribution is 9.10. The first-order valence-electron chi connectivity index (χ1n) is 4.93. The van der Waals surface area contributed by atoms with Crippen LogP contribution in [0, 0.1) is 0 Å². The number of nitrogens with two attached hydrogens (primary N) is 1. The second-order valence-corrected chi connectivity index (χ2v) is 5.49. The van der Waals surface area contributed by atoms with Crippen LogP contribution < -0.4 is 5.73 Å². The molecule has 0 amide bonds. The Morgan fingerprint density at radius 2 is 2.47 bits per heavy atom. The lowest BCUT2D eigenvalue weighted by Gasteiger charge is -2.27. The average molecular weight is 292 g/mol. The van der Waals surface area contributed by atoms with Gasteiger partial charge in [-0.15, -0.1) is 11.3 Å². The lowest BCUT2D eigenvalue weighted by molar-refractivity contribution is -0.0966.